The molecule has 7 heteroatoms. The van der Waals surface area contributed by atoms with Crippen molar-refractivity contribution in [3.8, 4) is 0 Å². The van der Waals surface area contributed by atoms with Crippen LogP contribution in [0.5, 0.6) is 0 Å². The minimum atomic E-state index is -0.158. The van der Waals surface area contributed by atoms with Gasteiger partial charge in [0.1, 0.15) is 0 Å². The lowest BCUT2D eigenvalue weighted by molar-refractivity contribution is -0.123. The molecule has 2 saturated heterocycles. The van der Waals surface area contributed by atoms with E-state index >= 15 is 0 Å². The van der Waals surface area contributed by atoms with Crippen LogP contribution in [-0.2, 0) is 17.9 Å². The fraction of sp³-hybridized carbons (Fsp3) is 0.778. The van der Waals surface area contributed by atoms with Crippen molar-refractivity contribution in [2.75, 3.05) is 52.9 Å². The van der Waals surface area contributed by atoms with E-state index in [0.717, 1.165) is 77.4 Å². The highest BCUT2D eigenvalue weighted by Gasteiger charge is 2.23. The lowest BCUT2D eigenvalue weighted by atomic mass is 9.97. The third-order valence-electron chi connectivity index (χ3n) is 5.59. The Hall–Kier alpha value is -1.44. The number of piperazine rings is 1. The monoisotopic (exact) mass is 348 g/mol. The molecule has 1 atom stereocenters. The molecule has 1 aromatic heterocycles. The summed E-state index contributed by atoms with van der Waals surface area (Å²) in [5, 5.41) is 4.69. The van der Waals surface area contributed by atoms with Crippen LogP contribution in [0.4, 0.5) is 0 Å². The zero-order valence-electron chi connectivity index (χ0n) is 15.7. The summed E-state index contributed by atoms with van der Waals surface area (Å²) in [4.78, 5) is 18.6. The van der Waals surface area contributed by atoms with Gasteiger partial charge >= 0.3 is 0 Å². The maximum absolute atomic E-state index is 11.4. The summed E-state index contributed by atoms with van der Waals surface area (Å²) in [5.41, 5.74) is 7.93. The molecular formula is C18H32N6O. The number of nitrogens with two attached hydrogens (primary N) is 1. The molecule has 2 aliphatic heterocycles. The zero-order valence-corrected chi connectivity index (χ0v) is 15.7. The van der Waals surface area contributed by atoms with Gasteiger partial charge < -0.3 is 15.5 Å². The third kappa shape index (κ3) is 5.03. The van der Waals surface area contributed by atoms with Crippen molar-refractivity contribution < 1.29 is 4.79 Å². The second-order valence-electron chi connectivity index (χ2n) is 7.62. The van der Waals surface area contributed by atoms with E-state index in [2.05, 4.69) is 39.5 Å². The van der Waals surface area contributed by atoms with E-state index < -0.39 is 0 Å². The first-order valence-electron chi connectivity index (χ1n) is 9.47. The van der Waals surface area contributed by atoms with Crippen molar-refractivity contribution >= 4 is 5.91 Å². The fourth-order valence-electron chi connectivity index (χ4n) is 3.81. The van der Waals surface area contributed by atoms with E-state index in [4.69, 9.17) is 10.8 Å². The molecule has 0 aliphatic carbocycles. The van der Waals surface area contributed by atoms with Gasteiger partial charge in [-0.3, -0.25) is 14.4 Å². The fourth-order valence-corrected chi connectivity index (χ4v) is 3.81. The zero-order chi connectivity index (χ0) is 17.8. The van der Waals surface area contributed by atoms with Crippen LogP contribution in [0.25, 0.3) is 0 Å². The first-order valence-corrected chi connectivity index (χ1v) is 9.47. The molecule has 3 rings (SSSR count). The molecule has 1 unspecified atom stereocenters. The molecule has 2 fully saturated rings. The Morgan fingerprint density at radius 3 is 2.68 bits per heavy atom. The van der Waals surface area contributed by atoms with Crippen molar-refractivity contribution in [1.82, 2.24) is 24.5 Å². The molecule has 0 bridgehead atoms. The number of carbonyl (C=O) groups is 1. The Kier molecular flexibility index (Phi) is 6.09. The van der Waals surface area contributed by atoms with Gasteiger partial charge in [0.15, 0.2) is 0 Å². The number of piperidine rings is 1. The molecule has 140 valence electrons. The first kappa shape index (κ1) is 18.4. The van der Waals surface area contributed by atoms with E-state index in [1.165, 1.54) is 5.56 Å². The number of amides is 1. The minimum Gasteiger partial charge on any atom is -0.369 e. The predicted molar refractivity (Wildman–Crippen MR) is 98.1 cm³/mol. The second-order valence-corrected chi connectivity index (χ2v) is 7.62. The molecule has 0 saturated carbocycles. The van der Waals surface area contributed by atoms with Gasteiger partial charge in [0, 0.05) is 57.6 Å². The Bertz CT molecular complexity index is 578. The minimum absolute atomic E-state index is 0.0147. The van der Waals surface area contributed by atoms with Gasteiger partial charge in [-0.1, -0.05) is 0 Å². The van der Waals surface area contributed by atoms with Crippen LogP contribution in [0.2, 0.25) is 0 Å². The normalized spacial score (nSPS) is 23.8. The highest BCUT2D eigenvalue weighted by molar-refractivity contribution is 5.76. The molecule has 1 aromatic rings. The van der Waals surface area contributed by atoms with Crippen molar-refractivity contribution in [3.05, 3.63) is 17.5 Å². The maximum atomic E-state index is 11.4. The van der Waals surface area contributed by atoms with Crippen LogP contribution in [0.1, 0.15) is 24.1 Å². The number of hydrogen-bond acceptors (Lipinski definition) is 5. The molecule has 1 amide bonds. The Labute approximate surface area is 150 Å². The molecule has 2 N–H and O–H groups in total. The molecule has 7 nitrogen and oxygen atoms in total. The largest absolute Gasteiger partial charge is 0.369 e. The van der Waals surface area contributed by atoms with Crippen LogP contribution in [0.3, 0.4) is 0 Å². The standard InChI is InChI=1S/C18H32N6O/c1-15-17(13-23-8-6-21(2)7-9-23)14-24(20-15)11-10-22-5-3-4-16(12-22)18(19)25/h14,16H,3-13H2,1-2H3,(H2,19,25). The summed E-state index contributed by atoms with van der Waals surface area (Å²) in [6.45, 7) is 11.3. The number of likely N-dealkylation sites (tertiary alicyclic amines) is 1. The molecule has 0 spiro atoms. The number of aryl methyl sites for hydroxylation is 1. The van der Waals surface area contributed by atoms with Crippen molar-refractivity contribution in [3.63, 3.8) is 0 Å². The topological polar surface area (TPSA) is 70.6 Å². The van der Waals surface area contributed by atoms with E-state index in [1.54, 1.807) is 0 Å². The van der Waals surface area contributed by atoms with Crippen molar-refractivity contribution in [2.24, 2.45) is 11.7 Å². The predicted octanol–water partition coefficient (Wildman–Crippen LogP) is 0.136. The number of rotatable bonds is 6. The van der Waals surface area contributed by atoms with E-state index in [0.29, 0.717) is 0 Å². The average molecular weight is 348 g/mol. The molecule has 0 radical (unpaired) electrons. The van der Waals surface area contributed by atoms with Crippen LogP contribution in [-0.4, -0.2) is 83.2 Å². The highest BCUT2D eigenvalue weighted by Crippen LogP contribution is 2.16. The van der Waals surface area contributed by atoms with E-state index in [-0.39, 0.29) is 11.8 Å². The maximum Gasteiger partial charge on any atom is 0.221 e. The van der Waals surface area contributed by atoms with Crippen LogP contribution in [0.15, 0.2) is 6.20 Å². The molecular weight excluding hydrogens is 316 g/mol. The number of nitrogens with zero attached hydrogens (tertiary/aromatic N) is 5. The number of aromatic nitrogens is 2. The van der Waals surface area contributed by atoms with Gasteiger partial charge in [0.2, 0.25) is 5.91 Å². The first-order chi connectivity index (χ1) is 12.0. The summed E-state index contributed by atoms with van der Waals surface area (Å²) in [7, 11) is 2.18. The number of primary amides is 1. The SMILES string of the molecule is Cc1nn(CCN2CCCC(C(N)=O)C2)cc1CN1CCN(C)CC1. The summed E-state index contributed by atoms with van der Waals surface area (Å²) >= 11 is 0. The molecule has 2 aliphatic rings. The number of likely N-dealkylation sites (N-methyl/N-ethyl adjacent to an activating group) is 1. The average Bonchev–Trinajstić information content (AvgIpc) is 2.95. The van der Waals surface area contributed by atoms with Gasteiger partial charge in [0.05, 0.1) is 18.2 Å². The van der Waals surface area contributed by atoms with Gasteiger partial charge in [-0.25, -0.2) is 0 Å². The smallest absolute Gasteiger partial charge is 0.221 e. The quantitative estimate of drug-likeness (QED) is 0.792. The van der Waals surface area contributed by atoms with Crippen LogP contribution < -0.4 is 5.73 Å². The second kappa shape index (κ2) is 8.29. The lowest BCUT2D eigenvalue weighted by Crippen LogP contribution is -2.43. The van der Waals surface area contributed by atoms with Crippen molar-refractivity contribution in [1.29, 1.82) is 0 Å². The Morgan fingerprint density at radius 1 is 1.20 bits per heavy atom. The van der Waals surface area contributed by atoms with E-state index in [1.807, 2.05) is 0 Å². The summed E-state index contributed by atoms with van der Waals surface area (Å²) < 4.78 is 2.06. The van der Waals surface area contributed by atoms with E-state index in [9.17, 15) is 4.79 Å². The van der Waals surface area contributed by atoms with Crippen molar-refractivity contribution in [2.45, 2.75) is 32.9 Å². The summed E-state index contributed by atoms with van der Waals surface area (Å²) in [5.74, 6) is -0.144. The summed E-state index contributed by atoms with van der Waals surface area (Å²) in [6, 6.07) is 0. The molecule has 0 aromatic carbocycles. The Balaban J connectivity index is 1.49. The van der Waals surface area contributed by atoms with Gasteiger partial charge in [-0.2, -0.15) is 5.10 Å². The Morgan fingerprint density at radius 2 is 1.96 bits per heavy atom. The highest BCUT2D eigenvalue weighted by atomic mass is 16.1. The summed E-state index contributed by atoms with van der Waals surface area (Å²) in [6.07, 6.45) is 4.19. The molecule has 3 heterocycles. The van der Waals surface area contributed by atoms with Crippen LogP contribution in [0, 0.1) is 12.8 Å². The van der Waals surface area contributed by atoms with Gasteiger partial charge in [-0.15, -0.1) is 0 Å². The lowest BCUT2D eigenvalue weighted by Gasteiger charge is -2.32. The van der Waals surface area contributed by atoms with Crippen LogP contribution >= 0.6 is 0 Å². The number of hydrogen-bond donors (Lipinski definition) is 1. The van der Waals surface area contributed by atoms with Gasteiger partial charge in [0.25, 0.3) is 0 Å². The number of carbonyl (C=O) groups excluding carboxylic acids is 1. The third-order valence-corrected chi connectivity index (χ3v) is 5.59. The molecule has 25 heavy (non-hydrogen) atoms. The van der Waals surface area contributed by atoms with Gasteiger partial charge in [-0.05, 0) is 33.4 Å².